The van der Waals surface area contributed by atoms with Gasteiger partial charge in [0.25, 0.3) is 5.56 Å². The van der Waals surface area contributed by atoms with Crippen LogP contribution in [-0.4, -0.2) is 36.8 Å². The number of allylic oxidation sites excluding steroid dienone is 1. The van der Waals surface area contributed by atoms with Crippen LogP contribution in [0.15, 0.2) is 87.8 Å². The zero-order chi connectivity index (χ0) is 32.1. The first-order valence-electron chi connectivity index (χ1n) is 14.3. The summed E-state index contributed by atoms with van der Waals surface area (Å²) in [5.41, 5.74) is 2.61. The summed E-state index contributed by atoms with van der Waals surface area (Å²) in [4.78, 5) is 44.1. The monoisotopic (exact) mass is 630 g/mol. The van der Waals surface area contributed by atoms with Crippen LogP contribution in [0.1, 0.15) is 53.9 Å². The first-order valence-corrected chi connectivity index (χ1v) is 15.1. The first kappa shape index (κ1) is 31.4. The number of hydrogen-bond donors (Lipinski definition) is 0. The lowest BCUT2D eigenvalue weighted by molar-refractivity contribution is -0.139. The molecule has 1 aliphatic rings. The molecular formula is C34H31FN2O7S. The summed E-state index contributed by atoms with van der Waals surface area (Å²) in [5, 5.41) is 0. The van der Waals surface area contributed by atoms with Gasteiger partial charge < -0.3 is 18.9 Å². The van der Waals surface area contributed by atoms with Crippen molar-refractivity contribution in [2.24, 2.45) is 4.99 Å². The summed E-state index contributed by atoms with van der Waals surface area (Å²) in [6.07, 6.45) is 1.69. The number of nitrogens with zero attached hydrogens (tertiary/aromatic N) is 2. The van der Waals surface area contributed by atoms with Crippen molar-refractivity contribution in [3.8, 4) is 11.5 Å². The average molecular weight is 631 g/mol. The summed E-state index contributed by atoms with van der Waals surface area (Å²) in [5.74, 6) is -0.557. The summed E-state index contributed by atoms with van der Waals surface area (Å²) < 4.78 is 37.8. The van der Waals surface area contributed by atoms with Crippen LogP contribution in [0.3, 0.4) is 0 Å². The van der Waals surface area contributed by atoms with Crippen molar-refractivity contribution in [2.75, 3.05) is 20.3 Å². The molecule has 232 valence electrons. The van der Waals surface area contributed by atoms with Gasteiger partial charge in [0, 0.05) is 5.56 Å². The average Bonchev–Trinajstić information content (AvgIpc) is 3.34. The molecule has 11 heteroatoms. The fourth-order valence-electron chi connectivity index (χ4n) is 4.96. The molecule has 0 spiro atoms. The minimum atomic E-state index is -0.860. The molecule has 4 aromatic rings. The lowest BCUT2D eigenvalue weighted by Crippen LogP contribution is -2.39. The Morgan fingerprint density at radius 2 is 1.67 bits per heavy atom. The number of hydrogen-bond acceptors (Lipinski definition) is 9. The Balaban J connectivity index is 1.55. The van der Waals surface area contributed by atoms with E-state index >= 15 is 0 Å². The van der Waals surface area contributed by atoms with Gasteiger partial charge >= 0.3 is 11.9 Å². The van der Waals surface area contributed by atoms with Gasteiger partial charge in [0.15, 0.2) is 16.3 Å². The number of esters is 2. The molecule has 9 nitrogen and oxygen atoms in total. The number of para-hydroxylation sites is 1. The highest BCUT2D eigenvalue weighted by atomic mass is 32.1. The molecule has 0 saturated carbocycles. The molecule has 1 aromatic heterocycles. The number of carbonyl (C=O) groups excluding carboxylic acids is 2. The number of methoxy groups -OCH3 is 1. The van der Waals surface area contributed by atoms with Crippen LogP contribution in [0.5, 0.6) is 11.5 Å². The van der Waals surface area contributed by atoms with Gasteiger partial charge in [0.05, 0.1) is 47.7 Å². The maximum Gasteiger partial charge on any atom is 0.338 e. The van der Waals surface area contributed by atoms with Gasteiger partial charge in [-0.3, -0.25) is 9.36 Å². The summed E-state index contributed by atoms with van der Waals surface area (Å²) >= 11 is 1.16. The quantitative estimate of drug-likeness (QED) is 0.234. The van der Waals surface area contributed by atoms with Crippen molar-refractivity contribution < 1.29 is 32.9 Å². The Labute approximate surface area is 262 Å². The number of aromatic nitrogens is 1. The molecule has 0 fully saturated rings. The van der Waals surface area contributed by atoms with Gasteiger partial charge in [-0.25, -0.2) is 19.0 Å². The molecule has 45 heavy (non-hydrogen) atoms. The van der Waals surface area contributed by atoms with E-state index in [9.17, 15) is 18.8 Å². The molecule has 2 heterocycles. The van der Waals surface area contributed by atoms with Crippen molar-refractivity contribution in [3.63, 3.8) is 0 Å². The van der Waals surface area contributed by atoms with E-state index in [4.69, 9.17) is 18.9 Å². The second-order valence-electron chi connectivity index (χ2n) is 9.94. The normalized spacial score (nSPS) is 14.4. The fourth-order valence-corrected chi connectivity index (χ4v) is 6.00. The van der Waals surface area contributed by atoms with Gasteiger partial charge in [-0.15, -0.1) is 0 Å². The topological polar surface area (TPSA) is 105 Å². The number of fused-ring (bicyclic) bond motifs is 1. The van der Waals surface area contributed by atoms with Crippen molar-refractivity contribution in [2.45, 2.75) is 33.4 Å². The predicted molar refractivity (Wildman–Crippen MR) is 167 cm³/mol. The highest BCUT2D eigenvalue weighted by Gasteiger charge is 2.33. The maximum absolute atomic E-state index is 14.0. The molecule has 3 aromatic carbocycles. The van der Waals surface area contributed by atoms with E-state index in [0.717, 1.165) is 16.9 Å². The third-order valence-corrected chi connectivity index (χ3v) is 8.05. The van der Waals surface area contributed by atoms with Crippen molar-refractivity contribution in [1.29, 1.82) is 0 Å². The smallest absolute Gasteiger partial charge is 0.338 e. The first-order chi connectivity index (χ1) is 21.7. The largest absolute Gasteiger partial charge is 0.493 e. The molecule has 0 saturated heterocycles. The molecule has 1 atom stereocenters. The third kappa shape index (κ3) is 6.58. The number of carbonyl (C=O) groups is 2. The summed E-state index contributed by atoms with van der Waals surface area (Å²) in [6.45, 7) is 5.73. The van der Waals surface area contributed by atoms with Crippen LogP contribution in [0, 0.1) is 5.82 Å². The van der Waals surface area contributed by atoms with E-state index in [1.165, 1.54) is 23.8 Å². The van der Waals surface area contributed by atoms with E-state index in [-0.39, 0.29) is 31.0 Å². The van der Waals surface area contributed by atoms with Crippen LogP contribution in [-0.2, 0) is 20.9 Å². The Morgan fingerprint density at radius 3 is 2.33 bits per heavy atom. The third-order valence-electron chi connectivity index (χ3n) is 7.07. The Bertz CT molecular complexity index is 1940. The summed E-state index contributed by atoms with van der Waals surface area (Å²) in [7, 11) is 1.52. The molecule has 1 aliphatic heterocycles. The molecule has 5 rings (SSSR count). The SMILES string of the molecule is CCOC(=O)C1=C(C)N=c2s/c(=C\c3cccc(OC)c3OCc3ccc(C(=O)OCC)cc3)c(=O)n2[C@@H]1c1ccc(F)cc1. The molecular weight excluding hydrogens is 599 g/mol. The van der Waals surface area contributed by atoms with Gasteiger partial charge in [-0.2, -0.15) is 0 Å². The van der Waals surface area contributed by atoms with Crippen LogP contribution >= 0.6 is 11.3 Å². The van der Waals surface area contributed by atoms with Crippen molar-refractivity contribution in [3.05, 3.63) is 126 Å². The van der Waals surface area contributed by atoms with E-state index in [1.807, 2.05) is 0 Å². The zero-order valence-electron chi connectivity index (χ0n) is 25.2. The van der Waals surface area contributed by atoms with E-state index in [1.54, 1.807) is 81.4 Å². The molecule has 0 aliphatic carbocycles. The lowest BCUT2D eigenvalue weighted by Gasteiger charge is -2.24. The van der Waals surface area contributed by atoms with Crippen molar-refractivity contribution in [1.82, 2.24) is 4.57 Å². The second kappa shape index (κ2) is 13.7. The van der Waals surface area contributed by atoms with Crippen LogP contribution in [0.4, 0.5) is 4.39 Å². The molecule has 0 amide bonds. The molecule has 0 N–H and O–H groups in total. The van der Waals surface area contributed by atoms with Gasteiger partial charge in [0.1, 0.15) is 12.4 Å². The van der Waals surface area contributed by atoms with Crippen molar-refractivity contribution >= 4 is 29.4 Å². The number of benzene rings is 3. The number of ether oxygens (including phenoxy) is 4. The van der Waals surface area contributed by atoms with Crippen LogP contribution in [0.25, 0.3) is 6.08 Å². The van der Waals surface area contributed by atoms with Gasteiger partial charge in [-0.1, -0.05) is 47.7 Å². The maximum atomic E-state index is 14.0. The van der Waals surface area contributed by atoms with E-state index < -0.39 is 23.8 Å². The van der Waals surface area contributed by atoms with Crippen LogP contribution in [0.2, 0.25) is 0 Å². The van der Waals surface area contributed by atoms with E-state index in [2.05, 4.69) is 4.99 Å². The highest BCUT2D eigenvalue weighted by Crippen LogP contribution is 2.33. The predicted octanol–water partition coefficient (Wildman–Crippen LogP) is 4.70. The minimum Gasteiger partial charge on any atom is -0.493 e. The van der Waals surface area contributed by atoms with Gasteiger partial charge in [0.2, 0.25) is 0 Å². The number of thiazole rings is 1. The van der Waals surface area contributed by atoms with E-state index in [0.29, 0.717) is 43.2 Å². The standard InChI is InChI=1S/C34H31FN2O7S/c1-5-42-32(39)23-12-10-21(11-13-23)19-44-30-24(8-7-9-26(30)41-4)18-27-31(38)37-29(22-14-16-25(35)17-15-22)28(33(40)43-6-2)20(3)36-34(37)45-27/h7-18,29H,5-6,19H2,1-4H3/b27-18-/t29-/m1/s1. The Kier molecular flexibility index (Phi) is 9.58. The molecule has 0 radical (unpaired) electrons. The number of rotatable bonds is 10. The molecule has 0 unspecified atom stereocenters. The van der Waals surface area contributed by atoms with Crippen LogP contribution < -0.4 is 24.4 Å². The minimum absolute atomic E-state index is 0.143. The summed E-state index contributed by atoms with van der Waals surface area (Å²) in [6, 6.07) is 17.0. The number of halogens is 1. The molecule has 0 bridgehead atoms. The highest BCUT2D eigenvalue weighted by molar-refractivity contribution is 7.07. The lowest BCUT2D eigenvalue weighted by atomic mass is 9.96. The van der Waals surface area contributed by atoms with Gasteiger partial charge in [-0.05, 0) is 68.3 Å². The zero-order valence-corrected chi connectivity index (χ0v) is 26.0. The Morgan fingerprint density at radius 1 is 0.978 bits per heavy atom. The Hall–Kier alpha value is -5.03. The second-order valence-corrected chi connectivity index (χ2v) is 10.9. The fraction of sp³-hybridized carbons (Fsp3) is 0.235.